The highest BCUT2D eigenvalue weighted by molar-refractivity contribution is 5.37. The largest absolute Gasteiger partial charge is 0.389 e. The number of aliphatic hydroxyl groups is 2. The number of benzene rings is 1. The van der Waals surface area contributed by atoms with Gasteiger partial charge in [0.15, 0.2) is 0 Å². The summed E-state index contributed by atoms with van der Waals surface area (Å²) >= 11 is 0. The van der Waals surface area contributed by atoms with Crippen LogP contribution in [0.1, 0.15) is 11.1 Å². The third-order valence-corrected chi connectivity index (χ3v) is 2.92. The fourth-order valence-corrected chi connectivity index (χ4v) is 2.02. The van der Waals surface area contributed by atoms with Crippen molar-refractivity contribution in [2.45, 2.75) is 18.8 Å². The first-order valence-electron chi connectivity index (χ1n) is 5.37. The first-order valence-corrected chi connectivity index (χ1v) is 5.37. The van der Waals surface area contributed by atoms with Crippen LogP contribution in [0.5, 0.6) is 0 Å². The summed E-state index contributed by atoms with van der Waals surface area (Å²) < 4.78 is 13.1. The Morgan fingerprint density at radius 2 is 2.00 bits per heavy atom. The predicted molar refractivity (Wildman–Crippen MR) is 58.4 cm³/mol. The molecule has 0 amide bonds. The maximum Gasteiger partial charge on any atom is 0.123 e. The maximum atomic E-state index is 13.1. The van der Waals surface area contributed by atoms with Gasteiger partial charge in [0, 0.05) is 19.6 Å². The second-order valence-corrected chi connectivity index (χ2v) is 4.24. The molecule has 1 aliphatic heterocycles. The Labute approximate surface area is 98.5 Å². The Kier molecular flexibility index (Phi) is 3.38. The summed E-state index contributed by atoms with van der Waals surface area (Å²) in [5.41, 5.74) is 0.996. The second-order valence-electron chi connectivity index (χ2n) is 4.24. The fourth-order valence-electron chi connectivity index (χ4n) is 2.02. The lowest BCUT2D eigenvalue weighted by molar-refractivity contribution is 0.0572. The molecule has 1 fully saturated rings. The van der Waals surface area contributed by atoms with Crippen molar-refractivity contribution in [3.63, 3.8) is 0 Å². The van der Waals surface area contributed by atoms with Crippen molar-refractivity contribution < 1.29 is 14.6 Å². The molecule has 2 atom stereocenters. The van der Waals surface area contributed by atoms with E-state index in [0.29, 0.717) is 30.8 Å². The molecule has 1 aliphatic rings. The van der Waals surface area contributed by atoms with Gasteiger partial charge in [-0.25, -0.2) is 4.39 Å². The summed E-state index contributed by atoms with van der Waals surface area (Å²) in [6, 6.07) is 6.00. The zero-order valence-electron chi connectivity index (χ0n) is 9.17. The first kappa shape index (κ1) is 12.0. The summed E-state index contributed by atoms with van der Waals surface area (Å²) in [5.74, 6) is -0.390. The highest BCUT2D eigenvalue weighted by atomic mass is 19.1. The van der Waals surface area contributed by atoms with E-state index < -0.39 is 12.2 Å². The van der Waals surface area contributed by atoms with E-state index in [9.17, 15) is 14.6 Å². The number of halogens is 1. The molecule has 1 saturated heterocycles. The smallest absolute Gasteiger partial charge is 0.123 e. The molecule has 1 aromatic rings. The second kappa shape index (κ2) is 4.80. The Morgan fingerprint density at radius 1 is 1.35 bits per heavy atom. The molecule has 2 N–H and O–H groups in total. The highest BCUT2D eigenvalue weighted by Crippen LogP contribution is 2.17. The van der Waals surface area contributed by atoms with Crippen molar-refractivity contribution in [3.8, 4) is 6.07 Å². The molecule has 0 unspecified atom stereocenters. The van der Waals surface area contributed by atoms with Crippen LogP contribution in [0, 0.1) is 17.1 Å². The summed E-state index contributed by atoms with van der Waals surface area (Å²) in [7, 11) is 0. The van der Waals surface area contributed by atoms with Crippen molar-refractivity contribution in [2.24, 2.45) is 0 Å². The van der Waals surface area contributed by atoms with E-state index in [1.807, 2.05) is 6.07 Å². The molecule has 0 spiro atoms. The Morgan fingerprint density at radius 3 is 2.59 bits per heavy atom. The summed E-state index contributed by atoms with van der Waals surface area (Å²) in [5, 5.41) is 27.7. The van der Waals surface area contributed by atoms with Gasteiger partial charge in [0.1, 0.15) is 5.82 Å². The van der Waals surface area contributed by atoms with Gasteiger partial charge in [0.2, 0.25) is 0 Å². The minimum atomic E-state index is -0.769. The average Bonchev–Trinajstić information content (AvgIpc) is 2.58. The van der Waals surface area contributed by atoms with E-state index >= 15 is 0 Å². The molecule has 4 nitrogen and oxygen atoms in total. The minimum Gasteiger partial charge on any atom is -0.389 e. The third-order valence-electron chi connectivity index (χ3n) is 2.92. The zero-order valence-corrected chi connectivity index (χ0v) is 9.17. The van der Waals surface area contributed by atoms with Gasteiger partial charge in [-0.2, -0.15) is 5.26 Å². The molecule has 1 aromatic carbocycles. The fraction of sp³-hybridized carbons (Fsp3) is 0.417. The number of rotatable bonds is 2. The van der Waals surface area contributed by atoms with Crippen molar-refractivity contribution in [3.05, 3.63) is 35.1 Å². The molecular formula is C12H13FN2O2. The molecule has 17 heavy (non-hydrogen) atoms. The van der Waals surface area contributed by atoms with Gasteiger partial charge < -0.3 is 10.2 Å². The van der Waals surface area contributed by atoms with Gasteiger partial charge in [-0.15, -0.1) is 0 Å². The average molecular weight is 236 g/mol. The SMILES string of the molecule is N#Cc1ccc(F)cc1CN1C[C@@H](O)[C@@H](O)C1. The third kappa shape index (κ3) is 2.61. The molecule has 0 aliphatic carbocycles. The van der Waals surface area contributed by atoms with Crippen LogP contribution in [0.2, 0.25) is 0 Å². The molecule has 5 heteroatoms. The van der Waals surface area contributed by atoms with E-state index in [0.717, 1.165) is 0 Å². The molecule has 0 radical (unpaired) electrons. The highest BCUT2D eigenvalue weighted by Gasteiger charge is 2.29. The van der Waals surface area contributed by atoms with Crippen LogP contribution in [0.4, 0.5) is 4.39 Å². The Bertz CT molecular complexity index is 448. The standard InChI is InChI=1S/C12H13FN2O2/c13-10-2-1-8(4-14)9(3-10)5-15-6-11(16)12(17)7-15/h1-3,11-12,16-17H,5-7H2/t11-,12+. The number of aliphatic hydroxyl groups excluding tert-OH is 2. The van der Waals surface area contributed by atoms with E-state index in [2.05, 4.69) is 0 Å². The van der Waals surface area contributed by atoms with Crippen LogP contribution in [-0.4, -0.2) is 40.4 Å². The number of hydrogen-bond donors (Lipinski definition) is 2. The normalized spacial score (nSPS) is 24.8. The van der Waals surface area contributed by atoms with Crippen LogP contribution >= 0.6 is 0 Å². The summed E-state index contributed by atoms with van der Waals surface area (Å²) in [4.78, 5) is 1.80. The van der Waals surface area contributed by atoms with Crippen molar-refractivity contribution >= 4 is 0 Å². The lowest BCUT2D eigenvalue weighted by Gasteiger charge is -2.15. The molecule has 90 valence electrons. The number of β-amino-alcohol motifs (C(OH)–C–C–N with tert-alkyl or cyclic N) is 2. The van der Waals surface area contributed by atoms with E-state index in [1.165, 1.54) is 18.2 Å². The predicted octanol–water partition coefficient (Wildman–Crippen LogP) is 0.235. The van der Waals surface area contributed by atoms with Crippen molar-refractivity contribution in [1.29, 1.82) is 5.26 Å². The van der Waals surface area contributed by atoms with Gasteiger partial charge in [-0.3, -0.25) is 4.90 Å². The van der Waals surface area contributed by atoms with E-state index in [-0.39, 0.29) is 5.82 Å². The van der Waals surface area contributed by atoms with Crippen molar-refractivity contribution in [2.75, 3.05) is 13.1 Å². The number of nitrogens with zero attached hydrogens (tertiary/aromatic N) is 2. The molecule has 0 saturated carbocycles. The molecule has 0 aromatic heterocycles. The van der Waals surface area contributed by atoms with Crippen molar-refractivity contribution in [1.82, 2.24) is 4.90 Å². The number of nitriles is 1. The van der Waals surface area contributed by atoms with Gasteiger partial charge in [0.25, 0.3) is 0 Å². The molecular weight excluding hydrogens is 223 g/mol. The zero-order chi connectivity index (χ0) is 12.4. The van der Waals surface area contributed by atoms with Gasteiger partial charge in [-0.05, 0) is 23.8 Å². The molecule has 0 bridgehead atoms. The van der Waals surface area contributed by atoms with Crippen LogP contribution in [0.25, 0.3) is 0 Å². The summed E-state index contributed by atoms with van der Waals surface area (Å²) in [6.07, 6.45) is -1.54. The molecule has 2 rings (SSSR count). The van der Waals surface area contributed by atoms with Gasteiger partial charge >= 0.3 is 0 Å². The topological polar surface area (TPSA) is 67.5 Å². The van der Waals surface area contributed by atoms with E-state index in [4.69, 9.17) is 5.26 Å². The number of hydrogen-bond acceptors (Lipinski definition) is 4. The summed E-state index contributed by atoms with van der Waals surface area (Å²) in [6.45, 7) is 1.03. The Hall–Kier alpha value is -1.48. The van der Waals surface area contributed by atoms with Crippen LogP contribution in [0.15, 0.2) is 18.2 Å². The Balaban J connectivity index is 2.14. The quantitative estimate of drug-likeness (QED) is 0.771. The van der Waals surface area contributed by atoms with Crippen LogP contribution < -0.4 is 0 Å². The monoisotopic (exact) mass is 236 g/mol. The van der Waals surface area contributed by atoms with E-state index in [1.54, 1.807) is 4.90 Å². The minimum absolute atomic E-state index is 0.336. The van der Waals surface area contributed by atoms with Gasteiger partial charge in [0.05, 0.1) is 23.8 Å². The first-order chi connectivity index (χ1) is 8.10. The van der Waals surface area contributed by atoms with Crippen LogP contribution in [-0.2, 0) is 6.54 Å². The lowest BCUT2D eigenvalue weighted by Crippen LogP contribution is -2.22. The lowest BCUT2D eigenvalue weighted by atomic mass is 10.1. The number of likely N-dealkylation sites (tertiary alicyclic amines) is 1. The van der Waals surface area contributed by atoms with Gasteiger partial charge in [-0.1, -0.05) is 0 Å². The molecule has 1 heterocycles. The van der Waals surface area contributed by atoms with Crippen LogP contribution in [0.3, 0.4) is 0 Å². The maximum absolute atomic E-state index is 13.1.